The fourth-order valence-electron chi connectivity index (χ4n) is 2.11. The lowest BCUT2D eigenvalue weighted by Crippen LogP contribution is -2.03. The number of aromatic nitrogens is 1. The van der Waals surface area contributed by atoms with Gasteiger partial charge in [0, 0.05) is 34.4 Å². The van der Waals surface area contributed by atoms with Crippen molar-refractivity contribution in [3.63, 3.8) is 0 Å². The van der Waals surface area contributed by atoms with E-state index >= 15 is 0 Å². The summed E-state index contributed by atoms with van der Waals surface area (Å²) in [6.45, 7) is 3.22. The highest BCUT2D eigenvalue weighted by Crippen LogP contribution is 2.26. The highest BCUT2D eigenvalue weighted by molar-refractivity contribution is 9.10. The molecule has 1 aromatic carbocycles. The van der Waals surface area contributed by atoms with Crippen LogP contribution in [0.15, 0.2) is 28.7 Å². The lowest BCUT2D eigenvalue weighted by Gasteiger charge is -2.11. The van der Waals surface area contributed by atoms with Crippen molar-refractivity contribution in [2.24, 2.45) is 0 Å². The Kier molecular flexibility index (Phi) is 5.16. The van der Waals surface area contributed by atoms with Crippen LogP contribution < -0.4 is 5.32 Å². The molecule has 0 bridgehead atoms. The van der Waals surface area contributed by atoms with Gasteiger partial charge in [0.05, 0.1) is 5.52 Å². The first-order chi connectivity index (χ1) is 9.20. The molecule has 0 aliphatic carbocycles. The zero-order valence-corrected chi connectivity index (χ0v) is 12.7. The molecule has 0 amide bonds. The van der Waals surface area contributed by atoms with Gasteiger partial charge in [-0.25, -0.2) is 0 Å². The average Bonchev–Trinajstić information content (AvgIpc) is 2.39. The first-order valence-corrected chi connectivity index (χ1v) is 7.41. The molecule has 2 aromatic rings. The summed E-state index contributed by atoms with van der Waals surface area (Å²) in [6.07, 6.45) is 3.00. The lowest BCUT2D eigenvalue weighted by atomic mass is 10.1. The molecule has 0 spiro atoms. The van der Waals surface area contributed by atoms with Gasteiger partial charge >= 0.3 is 0 Å². The monoisotopic (exact) mass is 322 g/mol. The van der Waals surface area contributed by atoms with E-state index < -0.39 is 0 Å². The van der Waals surface area contributed by atoms with Crippen molar-refractivity contribution in [1.29, 1.82) is 0 Å². The van der Waals surface area contributed by atoms with E-state index in [1.165, 1.54) is 0 Å². The molecule has 0 aliphatic heterocycles. The summed E-state index contributed by atoms with van der Waals surface area (Å²) < 4.78 is 1.06. The van der Waals surface area contributed by atoms with Gasteiger partial charge in [0.25, 0.3) is 0 Å². The first-order valence-electron chi connectivity index (χ1n) is 6.62. The van der Waals surface area contributed by atoms with Gasteiger partial charge in [-0.3, -0.25) is 4.98 Å². The molecular weight excluding hydrogens is 304 g/mol. The number of unbranched alkanes of at least 4 members (excludes halogenated alkanes) is 2. The van der Waals surface area contributed by atoms with Crippen LogP contribution in [0.25, 0.3) is 10.9 Å². The maximum Gasteiger partial charge on any atom is 0.0726 e. The third-order valence-corrected chi connectivity index (χ3v) is 3.54. The van der Waals surface area contributed by atoms with Crippen molar-refractivity contribution in [3.05, 3.63) is 34.4 Å². The van der Waals surface area contributed by atoms with Gasteiger partial charge in [0.15, 0.2) is 0 Å². The Labute approximate surface area is 122 Å². The van der Waals surface area contributed by atoms with Crippen molar-refractivity contribution in [1.82, 2.24) is 4.98 Å². The second-order valence-corrected chi connectivity index (χ2v) is 5.60. The van der Waals surface area contributed by atoms with E-state index in [4.69, 9.17) is 5.11 Å². The summed E-state index contributed by atoms with van der Waals surface area (Å²) in [6, 6.07) is 8.22. The molecular formula is C15H19BrN2O. The molecule has 19 heavy (non-hydrogen) atoms. The third-order valence-electron chi connectivity index (χ3n) is 3.05. The average molecular weight is 323 g/mol. The minimum absolute atomic E-state index is 0.282. The topological polar surface area (TPSA) is 45.1 Å². The van der Waals surface area contributed by atoms with Gasteiger partial charge in [-0.1, -0.05) is 15.9 Å². The molecule has 0 atom stereocenters. The summed E-state index contributed by atoms with van der Waals surface area (Å²) in [4.78, 5) is 4.54. The van der Waals surface area contributed by atoms with Crippen LogP contribution in [0.5, 0.6) is 0 Å². The van der Waals surface area contributed by atoms with Crippen molar-refractivity contribution in [2.75, 3.05) is 18.5 Å². The summed E-state index contributed by atoms with van der Waals surface area (Å²) in [7, 11) is 0. The molecule has 0 unspecified atom stereocenters. The van der Waals surface area contributed by atoms with Gasteiger partial charge < -0.3 is 10.4 Å². The molecule has 1 aromatic heterocycles. The minimum Gasteiger partial charge on any atom is -0.396 e. The smallest absolute Gasteiger partial charge is 0.0726 e. The van der Waals surface area contributed by atoms with E-state index in [9.17, 15) is 0 Å². The molecule has 0 radical (unpaired) electrons. The van der Waals surface area contributed by atoms with Crippen molar-refractivity contribution in [2.45, 2.75) is 26.2 Å². The highest BCUT2D eigenvalue weighted by atomic mass is 79.9. The van der Waals surface area contributed by atoms with Crippen LogP contribution in [0.1, 0.15) is 25.0 Å². The van der Waals surface area contributed by atoms with Gasteiger partial charge in [-0.05, 0) is 50.5 Å². The number of aliphatic hydroxyl groups is 1. The standard InChI is InChI=1S/C15H19BrN2O/c1-11-9-15(17-7-3-2-4-8-19)13-10-12(16)5-6-14(13)18-11/h5-6,9-10,19H,2-4,7-8H2,1H3,(H,17,18). The molecule has 0 saturated carbocycles. The normalized spacial score (nSPS) is 10.9. The molecule has 0 aliphatic rings. The number of nitrogens with zero attached hydrogens (tertiary/aromatic N) is 1. The number of nitrogens with one attached hydrogen (secondary N) is 1. The zero-order valence-electron chi connectivity index (χ0n) is 11.1. The number of benzene rings is 1. The summed E-state index contributed by atoms with van der Waals surface area (Å²) in [5.74, 6) is 0. The van der Waals surface area contributed by atoms with Gasteiger partial charge in [0.2, 0.25) is 0 Å². The van der Waals surface area contributed by atoms with E-state index in [2.05, 4.69) is 38.4 Å². The molecule has 0 saturated heterocycles. The maximum atomic E-state index is 8.76. The Morgan fingerprint density at radius 3 is 2.84 bits per heavy atom. The molecule has 4 heteroatoms. The van der Waals surface area contributed by atoms with E-state index in [0.29, 0.717) is 0 Å². The largest absolute Gasteiger partial charge is 0.396 e. The number of pyridine rings is 1. The Hall–Kier alpha value is -1.13. The molecule has 2 rings (SSSR count). The third kappa shape index (κ3) is 3.91. The van der Waals surface area contributed by atoms with Crippen LogP contribution in [0.4, 0.5) is 5.69 Å². The highest BCUT2D eigenvalue weighted by Gasteiger charge is 2.04. The van der Waals surface area contributed by atoms with Crippen LogP contribution in [0.2, 0.25) is 0 Å². The Bertz CT molecular complexity index is 557. The number of rotatable bonds is 6. The van der Waals surface area contributed by atoms with E-state index in [-0.39, 0.29) is 6.61 Å². The number of anilines is 1. The molecule has 3 nitrogen and oxygen atoms in total. The van der Waals surface area contributed by atoms with Gasteiger partial charge in [0.1, 0.15) is 0 Å². The van der Waals surface area contributed by atoms with Crippen LogP contribution in [-0.2, 0) is 0 Å². The SMILES string of the molecule is Cc1cc(NCCCCCO)c2cc(Br)ccc2n1. The maximum absolute atomic E-state index is 8.76. The minimum atomic E-state index is 0.282. The van der Waals surface area contributed by atoms with Crippen LogP contribution >= 0.6 is 15.9 Å². The Balaban J connectivity index is 2.14. The number of fused-ring (bicyclic) bond motifs is 1. The number of hydrogen-bond donors (Lipinski definition) is 2. The van der Waals surface area contributed by atoms with Crippen LogP contribution in [0, 0.1) is 6.92 Å². The van der Waals surface area contributed by atoms with Gasteiger partial charge in [-0.15, -0.1) is 0 Å². The fraction of sp³-hybridized carbons (Fsp3) is 0.400. The second kappa shape index (κ2) is 6.87. The summed E-state index contributed by atoms with van der Waals surface area (Å²) in [5.41, 5.74) is 3.17. The molecule has 2 N–H and O–H groups in total. The summed E-state index contributed by atoms with van der Waals surface area (Å²) >= 11 is 3.50. The van der Waals surface area contributed by atoms with E-state index in [0.717, 1.165) is 52.6 Å². The van der Waals surface area contributed by atoms with Crippen molar-refractivity contribution in [3.8, 4) is 0 Å². The number of aryl methyl sites for hydroxylation is 1. The molecule has 102 valence electrons. The number of aliphatic hydroxyl groups excluding tert-OH is 1. The van der Waals surface area contributed by atoms with Crippen molar-refractivity contribution >= 4 is 32.5 Å². The van der Waals surface area contributed by atoms with E-state index in [1.807, 2.05) is 19.1 Å². The second-order valence-electron chi connectivity index (χ2n) is 4.68. The van der Waals surface area contributed by atoms with E-state index in [1.54, 1.807) is 0 Å². The zero-order chi connectivity index (χ0) is 13.7. The Morgan fingerprint density at radius 1 is 1.21 bits per heavy atom. The lowest BCUT2D eigenvalue weighted by molar-refractivity contribution is 0.283. The Morgan fingerprint density at radius 2 is 2.05 bits per heavy atom. The van der Waals surface area contributed by atoms with Gasteiger partial charge in [-0.2, -0.15) is 0 Å². The first kappa shape index (κ1) is 14.3. The van der Waals surface area contributed by atoms with Crippen LogP contribution in [-0.4, -0.2) is 23.2 Å². The quantitative estimate of drug-likeness (QED) is 0.793. The predicted octanol–water partition coefficient (Wildman–Crippen LogP) is 3.88. The molecule has 0 fully saturated rings. The molecule has 1 heterocycles. The van der Waals surface area contributed by atoms with Crippen LogP contribution in [0.3, 0.4) is 0 Å². The fourth-order valence-corrected chi connectivity index (χ4v) is 2.47. The predicted molar refractivity (Wildman–Crippen MR) is 83.6 cm³/mol. The number of hydrogen-bond acceptors (Lipinski definition) is 3. The number of halogens is 1. The van der Waals surface area contributed by atoms with Crippen molar-refractivity contribution < 1.29 is 5.11 Å². The summed E-state index contributed by atoms with van der Waals surface area (Å²) in [5, 5.41) is 13.4.